The van der Waals surface area contributed by atoms with Crippen molar-refractivity contribution in [3.8, 4) is 10.6 Å². The molecule has 0 spiro atoms. The molecule has 0 radical (unpaired) electrons. The van der Waals surface area contributed by atoms with Gasteiger partial charge in [-0.15, -0.1) is 11.3 Å². The standard InChI is InChI=1S/C26H14F3N5O3S/c27-26(28,29)21-12-17(20-10-5-11-38-20)30-22-13-18(32-34(21)22)23(35)31-16-8-3-4-9-19(16)33-24(36)14-6-1-2-7-15(14)25(33)37/h1-13H,(H,31,35). The molecule has 38 heavy (non-hydrogen) atoms. The normalized spacial score (nSPS) is 13.3. The van der Waals surface area contributed by atoms with Crippen molar-refractivity contribution in [2.24, 2.45) is 0 Å². The van der Waals surface area contributed by atoms with Crippen LogP contribution in [-0.4, -0.2) is 32.3 Å². The number of thiophene rings is 1. The quantitative estimate of drug-likeness (QED) is 0.307. The molecule has 12 heteroatoms. The first-order valence-corrected chi connectivity index (χ1v) is 12.0. The molecule has 0 atom stereocenters. The first-order valence-electron chi connectivity index (χ1n) is 11.1. The van der Waals surface area contributed by atoms with Crippen molar-refractivity contribution in [2.75, 3.05) is 10.2 Å². The summed E-state index contributed by atoms with van der Waals surface area (Å²) in [4.78, 5) is 44.8. The molecule has 0 saturated carbocycles. The number of imide groups is 1. The molecular weight excluding hydrogens is 519 g/mol. The summed E-state index contributed by atoms with van der Waals surface area (Å²) in [7, 11) is 0. The fraction of sp³-hybridized carbons (Fsp3) is 0.0385. The van der Waals surface area contributed by atoms with Crippen LogP contribution in [0.5, 0.6) is 0 Å². The Morgan fingerprint density at radius 2 is 1.58 bits per heavy atom. The summed E-state index contributed by atoms with van der Waals surface area (Å²) in [6, 6.07) is 17.8. The lowest BCUT2D eigenvalue weighted by atomic mass is 10.1. The molecule has 3 aromatic heterocycles. The Kier molecular flexibility index (Phi) is 5.35. The highest BCUT2D eigenvalue weighted by Crippen LogP contribution is 2.35. The zero-order valence-electron chi connectivity index (χ0n) is 19.1. The molecular formula is C26H14F3N5O3S. The summed E-state index contributed by atoms with van der Waals surface area (Å²) in [6.45, 7) is 0. The van der Waals surface area contributed by atoms with Gasteiger partial charge in [-0.1, -0.05) is 30.3 Å². The van der Waals surface area contributed by atoms with Crippen LogP contribution in [0.25, 0.3) is 16.2 Å². The molecule has 2 aromatic carbocycles. The van der Waals surface area contributed by atoms with E-state index in [1.807, 2.05) is 0 Å². The maximum atomic E-state index is 13.9. The van der Waals surface area contributed by atoms with Crippen LogP contribution in [-0.2, 0) is 6.18 Å². The second-order valence-corrected chi connectivity index (χ2v) is 9.21. The van der Waals surface area contributed by atoms with Crippen LogP contribution in [0.1, 0.15) is 36.9 Å². The number of para-hydroxylation sites is 2. The average Bonchev–Trinajstić information content (AvgIpc) is 3.63. The predicted molar refractivity (Wildman–Crippen MR) is 133 cm³/mol. The van der Waals surface area contributed by atoms with Gasteiger partial charge >= 0.3 is 6.18 Å². The van der Waals surface area contributed by atoms with Crippen molar-refractivity contribution in [1.82, 2.24) is 14.6 Å². The monoisotopic (exact) mass is 533 g/mol. The lowest BCUT2D eigenvalue weighted by Gasteiger charge is -2.18. The summed E-state index contributed by atoms with van der Waals surface area (Å²) in [6.07, 6.45) is -4.76. The molecule has 6 rings (SSSR count). The van der Waals surface area contributed by atoms with Gasteiger partial charge in [0.2, 0.25) is 0 Å². The molecule has 3 amide bonds. The van der Waals surface area contributed by atoms with E-state index >= 15 is 0 Å². The van der Waals surface area contributed by atoms with Crippen LogP contribution in [0.2, 0.25) is 0 Å². The Balaban J connectivity index is 1.37. The smallest absolute Gasteiger partial charge is 0.319 e. The number of halogens is 3. The van der Waals surface area contributed by atoms with Crippen LogP contribution in [0.3, 0.4) is 0 Å². The summed E-state index contributed by atoms with van der Waals surface area (Å²) in [5, 5.41) is 8.15. The minimum atomic E-state index is -4.76. The van der Waals surface area contributed by atoms with Crippen molar-refractivity contribution in [3.63, 3.8) is 0 Å². The van der Waals surface area contributed by atoms with E-state index in [0.717, 1.165) is 17.0 Å². The third-order valence-corrected chi connectivity index (χ3v) is 6.80. The fourth-order valence-corrected chi connectivity index (χ4v) is 4.89. The summed E-state index contributed by atoms with van der Waals surface area (Å²) < 4.78 is 42.1. The number of anilines is 2. The molecule has 0 saturated heterocycles. The van der Waals surface area contributed by atoms with E-state index in [1.54, 1.807) is 41.8 Å². The second-order valence-electron chi connectivity index (χ2n) is 8.26. The molecule has 0 fully saturated rings. The van der Waals surface area contributed by atoms with Gasteiger partial charge in [-0.25, -0.2) is 14.4 Å². The van der Waals surface area contributed by atoms with Gasteiger partial charge < -0.3 is 5.32 Å². The maximum Gasteiger partial charge on any atom is 0.433 e. The third-order valence-electron chi connectivity index (χ3n) is 5.91. The number of benzene rings is 2. The highest BCUT2D eigenvalue weighted by atomic mass is 32.1. The van der Waals surface area contributed by atoms with Gasteiger partial charge in [0.15, 0.2) is 17.0 Å². The number of hydrogen-bond acceptors (Lipinski definition) is 6. The van der Waals surface area contributed by atoms with E-state index in [4.69, 9.17) is 0 Å². The summed E-state index contributed by atoms with van der Waals surface area (Å²) >= 11 is 1.23. The SMILES string of the molecule is O=C(Nc1ccccc1N1C(=O)c2ccccc2C1=O)c1cc2nc(-c3cccs3)cc(C(F)(F)F)n2n1. The van der Waals surface area contributed by atoms with E-state index in [-0.39, 0.29) is 39.5 Å². The molecule has 1 aliphatic rings. The largest absolute Gasteiger partial charge is 0.433 e. The van der Waals surface area contributed by atoms with Gasteiger partial charge in [0.25, 0.3) is 17.7 Å². The lowest BCUT2D eigenvalue weighted by Crippen LogP contribution is -2.30. The number of rotatable bonds is 4. The van der Waals surface area contributed by atoms with E-state index in [2.05, 4.69) is 15.4 Å². The van der Waals surface area contributed by atoms with Crippen molar-refractivity contribution < 1.29 is 27.6 Å². The first-order chi connectivity index (χ1) is 18.2. The molecule has 0 unspecified atom stereocenters. The number of alkyl halides is 3. The number of fused-ring (bicyclic) bond motifs is 2. The van der Waals surface area contributed by atoms with Gasteiger partial charge in [-0.05, 0) is 41.8 Å². The molecule has 0 aliphatic carbocycles. The molecule has 188 valence electrons. The Morgan fingerprint density at radius 3 is 2.24 bits per heavy atom. The van der Waals surface area contributed by atoms with Gasteiger partial charge in [0, 0.05) is 6.07 Å². The number of amides is 3. The van der Waals surface area contributed by atoms with Gasteiger partial charge in [0.1, 0.15) is 0 Å². The topological polar surface area (TPSA) is 96.7 Å². The third kappa shape index (κ3) is 3.82. The summed E-state index contributed by atoms with van der Waals surface area (Å²) in [5.41, 5.74) is -0.806. The van der Waals surface area contributed by atoms with Crippen molar-refractivity contribution in [3.05, 3.63) is 101 Å². The van der Waals surface area contributed by atoms with Crippen LogP contribution in [0.4, 0.5) is 24.5 Å². The first kappa shape index (κ1) is 23.6. The Labute approximate surface area is 216 Å². The molecule has 1 N–H and O–H groups in total. The fourth-order valence-electron chi connectivity index (χ4n) is 4.21. The van der Waals surface area contributed by atoms with Crippen molar-refractivity contribution in [2.45, 2.75) is 6.18 Å². The zero-order chi connectivity index (χ0) is 26.6. The average molecular weight is 533 g/mol. The van der Waals surface area contributed by atoms with E-state index < -0.39 is 29.6 Å². The number of carbonyl (C=O) groups excluding carboxylic acids is 3. The van der Waals surface area contributed by atoms with Gasteiger partial charge in [-0.2, -0.15) is 18.3 Å². The Hall–Kier alpha value is -4.84. The minimum absolute atomic E-state index is 0.0997. The van der Waals surface area contributed by atoms with Gasteiger partial charge in [0.05, 0.1) is 33.1 Å². The minimum Gasteiger partial charge on any atom is -0.319 e. The second kappa shape index (κ2) is 8.63. The van der Waals surface area contributed by atoms with Crippen LogP contribution in [0.15, 0.2) is 78.2 Å². The maximum absolute atomic E-state index is 13.9. The van der Waals surface area contributed by atoms with Crippen LogP contribution in [0, 0.1) is 0 Å². The Morgan fingerprint density at radius 1 is 0.895 bits per heavy atom. The number of hydrogen-bond donors (Lipinski definition) is 1. The number of nitrogens with one attached hydrogen (secondary N) is 1. The molecule has 0 bridgehead atoms. The highest BCUT2D eigenvalue weighted by Gasteiger charge is 2.38. The van der Waals surface area contributed by atoms with E-state index in [9.17, 15) is 27.6 Å². The number of nitrogens with zero attached hydrogens (tertiary/aromatic N) is 4. The molecule has 4 heterocycles. The van der Waals surface area contributed by atoms with Gasteiger partial charge in [-0.3, -0.25) is 14.4 Å². The molecule has 8 nitrogen and oxygen atoms in total. The lowest BCUT2D eigenvalue weighted by molar-refractivity contribution is -0.142. The number of aromatic nitrogens is 3. The van der Waals surface area contributed by atoms with Crippen LogP contribution >= 0.6 is 11.3 Å². The van der Waals surface area contributed by atoms with E-state index in [1.165, 1.54) is 35.6 Å². The number of carbonyl (C=O) groups is 3. The predicted octanol–water partition coefficient (Wildman–Crippen LogP) is 5.53. The molecule has 1 aliphatic heterocycles. The van der Waals surface area contributed by atoms with E-state index in [0.29, 0.717) is 9.39 Å². The highest BCUT2D eigenvalue weighted by molar-refractivity contribution is 7.13. The van der Waals surface area contributed by atoms with Crippen molar-refractivity contribution >= 4 is 46.1 Å². The molecule has 5 aromatic rings. The Bertz CT molecular complexity index is 1730. The van der Waals surface area contributed by atoms with Crippen LogP contribution < -0.4 is 10.2 Å². The van der Waals surface area contributed by atoms with Crippen molar-refractivity contribution in [1.29, 1.82) is 0 Å². The zero-order valence-corrected chi connectivity index (χ0v) is 19.9. The summed E-state index contributed by atoms with van der Waals surface area (Å²) in [5.74, 6) is -1.95.